The zero-order valence-corrected chi connectivity index (χ0v) is 9.69. The van der Waals surface area contributed by atoms with Crippen molar-refractivity contribution in [3.63, 3.8) is 0 Å². The standard InChI is InChI=1S/C9H8Cl2N4O/c10-7-6-13-15(9(16)8(7)11)5-4-14-3-1-2-12-14/h1-3,6H,4-5H2. The van der Waals surface area contributed by atoms with Crippen molar-refractivity contribution in [2.24, 2.45) is 0 Å². The van der Waals surface area contributed by atoms with Gasteiger partial charge >= 0.3 is 0 Å². The second-order valence-corrected chi connectivity index (χ2v) is 3.89. The van der Waals surface area contributed by atoms with Gasteiger partial charge in [-0.3, -0.25) is 9.48 Å². The first-order valence-corrected chi connectivity index (χ1v) is 5.32. The molecule has 7 heteroatoms. The van der Waals surface area contributed by atoms with Gasteiger partial charge in [-0.2, -0.15) is 10.2 Å². The van der Waals surface area contributed by atoms with Crippen molar-refractivity contribution in [2.75, 3.05) is 0 Å². The van der Waals surface area contributed by atoms with E-state index in [-0.39, 0.29) is 15.6 Å². The fourth-order valence-electron chi connectivity index (χ4n) is 1.23. The molecule has 0 bridgehead atoms. The molecule has 0 saturated carbocycles. The van der Waals surface area contributed by atoms with Gasteiger partial charge < -0.3 is 0 Å². The molecular formula is C9H8Cl2N4O. The van der Waals surface area contributed by atoms with Crippen LogP contribution >= 0.6 is 23.2 Å². The molecule has 16 heavy (non-hydrogen) atoms. The molecule has 0 aliphatic rings. The van der Waals surface area contributed by atoms with Crippen LogP contribution in [0.2, 0.25) is 10.0 Å². The van der Waals surface area contributed by atoms with Crippen molar-refractivity contribution in [3.05, 3.63) is 45.1 Å². The summed E-state index contributed by atoms with van der Waals surface area (Å²) in [6.07, 6.45) is 4.84. The summed E-state index contributed by atoms with van der Waals surface area (Å²) in [6.45, 7) is 0.954. The molecule has 0 aliphatic heterocycles. The fraction of sp³-hybridized carbons (Fsp3) is 0.222. The zero-order chi connectivity index (χ0) is 11.5. The minimum atomic E-state index is -0.388. The van der Waals surface area contributed by atoms with Crippen molar-refractivity contribution in [1.82, 2.24) is 19.6 Å². The van der Waals surface area contributed by atoms with E-state index in [1.165, 1.54) is 10.9 Å². The highest BCUT2D eigenvalue weighted by Crippen LogP contribution is 2.14. The molecule has 84 valence electrons. The maximum atomic E-state index is 11.6. The summed E-state index contributed by atoms with van der Waals surface area (Å²) in [4.78, 5) is 11.6. The van der Waals surface area contributed by atoms with Gasteiger partial charge in [0.25, 0.3) is 5.56 Å². The number of aryl methyl sites for hydroxylation is 2. The minimum absolute atomic E-state index is 0.00266. The molecule has 0 aliphatic carbocycles. The van der Waals surface area contributed by atoms with Crippen molar-refractivity contribution in [2.45, 2.75) is 13.1 Å². The lowest BCUT2D eigenvalue weighted by Gasteiger charge is -2.05. The first kappa shape index (κ1) is 11.2. The molecule has 0 spiro atoms. The first-order chi connectivity index (χ1) is 7.68. The summed E-state index contributed by atoms with van der Waals surface area (Å²) in [6, 6.07) is 1.81. The Balaban J connectivity index is 2.17. The van der Waals surface area contributed by atoms with Crippen LogP contribution in [0.3, 0.4) is 0 Å². The highest BCUT2D eigenvalue weighted by Gasteiger charge is 2.06. The van der Waals surface area contributed by atoms with Crippen LogP contribution in [0.15, 0.2) is 29.5 Å². The van der Waals surface area contributed by atoms with E-state index in [1.807, 2.05) is 12.3 Å². The van der Waals surface area contributed by atoms with Crippen LogP contribution in [-0.2, 0) is 13.1 Å². The van der Waals surface area contributed by atoms with Gasteiger partial charge in [0.15, 0.2) is 0 Å². The van der Waals surface area contributed by atoms with Gasteiger partial charge in [0, 0.05) is 12.4 Å². The van der Waals surface area contributed by atoms with Crippen molar-refractivity contribution >= 4 is 23.2 Å². The molecule has 0 N–H and O–H groups in total. The van der Waals surface area contributed by atoms with Gasteiger partial charge in [0.2, 0.25) is 0 Å². The second kappa shape index (κ2) is 4.67. The second-order valence-electron chi connectivity index (χ2n) is 3.10. The summed E-state index contributed by atoms with van der Waals surface area (Å²) < 4.78 is 2.96. The van der Waals surface area contributed by atoms with Crippen LogP contribution < -0.4 is 5.56 Å². The minimum Gasteiger partial charge on any atom is -0.271 e. The third-order valence-corrected chi connectivity index (χ3v) is 2.79. The number of hydrogen-bond acceptors (Lipinski definition) is 3. The molecule has 0 atom stereocenters. The molecule has 2 rings (SSSR count). The van der Waals surface area contributed by atoms with Crippen molar-refractivity contribution in [3.8, 4) is 0 Å². The molecule has 2 aromatic heterocycles. The Kier molecular flexibility index (Phi) is 3.26. The molecule has 5 nitrogen and oxygen atoms in total. The molecule has 0 amide bonds. The summed E-state index contributed by atoms with van der Waals surface area (Å²) >= 11 is 11.4. The molecule has 2 heterocycles. The summed E-state index contributed by atoms with van der Waals surface area (Å²) in [5, 5.41) is 8.07. The molecular weight excluding hydrogens is 251 g/mol. The average molecular weight is 259 g/mol. The lowest BCUT2D eigenvalue weighted by molar-refractivity contribution is 0.482. The third-order valence-electron chi connectivity index (χ3n) is 2.04. The third kappa shape index (κ3) is 2.25. The van der Waals surface area contributed by atoms with Gasteiger partial charge in [-0.1, -0.05) is 23.2 Å². The molecule has 0 unspecified atom stereocenters. The van der Waals surface area contributed by atoms with Crippen LogP contribution in [-0.4, -0.2) is 19.6 Å². The quantitative estimate of drug-likeness (QED) is 0.838. The van der Waals surface area contributed by atoms with Gasteiger partial charge in [0.05, 0.1) is 24.3 Å². The SMILES string of the molecule is O=c1c(Cl)c(Cl)cnn1CCn1cccn1. The fourth-order valence-corrected chi connectivity index (χ4v) is 1.50. The van der Waals surface area contributed by atoms with Crippen LogP contribution in [0.25, 0.3) is 0 Å². The Bertz CT molecular complexity index is 535. The monoisotopic (exact) mass is 258 g/mol. The molecule has 0 saturated heterocycles. The normalized spacial score (nSPS) is 10.6. The maximum absolute atomic E-state index is 11.6. The zero-order valence-electron chi connectivity index (χ0n) is 8.18. The van der Waals surface area contributed by atoms with E-state index < -0.39 is 0 Å². The Morgan fingerprint density at radius 2 is 2.06 bits per heavy atom. The van der Waals surface area contributed by atoms with E-state index in [4.69, 9.17) is 23.2 Å². The van der Waals surface area contributed by atoms with E-state index in [2.05, 4.69) is 10.2 Å². The van der Waals surface area contributed by atoms with E-state index >= 15 is 0 Å². The van der Waals surface area contributed by atoms with Crippen LogP contribution in [0.1, 0.15) is 0 Å². The number of hydrogen-bond donors (Lipinski definition) is 0. The van der Waals surface area contributed by atoms with Gasteiger partial charge in [-0.05, 0) is 6.07 Å². The van der Waals surface area contributed by atoms with Crippen LogP contribution in [0, 0.1) is 0 Å². The molecule has 2 aromatic rings. The van der Waals surface area contributed by atoms with Gasteiger partial charge in [0.1, 0.15) is 5.02 Å². The number of rotatable bonds is 3. The van der Waals surface area contributed by atoms with Gasteiger partial charge in [-0.25, -0.2) is 4.68 Å². The number of halogens is 2. The van der Waals surface area contributed by atoms with Crippen molar-refractivity contribution < 1.29 is 0 Å². The average Bonchev–Trinajstić information content (AvgIpc) is 2.78. The summed E-state index contributed by atoms with van der Waals surface area (Å²) in [7, 11) is 0. The Morgan fingerprint density at radius 1 is 1.25 bits per heavy atom. The molecule has 0 radical (unpaired) electrons. The van der Waals surface area contributed by atoms with E-state index in [0.29, 0.717) is 13.1 Å². The van der Waals surface area contributed by atoms with Gasteiger partial charge in [-0.15, -0.1) is 0 Å². The van der Waals surface area contributed by atoms with Crippen molar-refractivity contribution in [1.29, 1.82) is 0 Å². The Hall–Kier alpha value is -1.33. The molecule has 0 aromatic carbocycles. The first-order valence-electron chi connectivity index (χ1n) is 4.57. The predicted octanol–water partition coefficient (Wildman–Crippen LogP) is 1.45. The van der Waals surface area contributed by atoms with Crippen LogP contribution in [0.4, 0.5) is 0 Å². The number of aromatic nitrogens is 4. The topological polar surface area (TPSA) is 52.7 Å². The number of nitrogens with zero attached hydrogens (tertiary/aromatic N) is 4. The Morgan fingerprint density at radius 3 is 2.75 bits per heavy atom. The Labute approximate surface area is 101 Å². The predicted molar refractivity (Wildman–Crippen MR) is 60.7 cm³/mol. The highest BCUT2D eigenvalue weighted by atomic mass is 35.5. The van der Waals surface area contributed by atoms with Crippen LogP contribution in [0.5, 0.6) is 0 Å². The highest BCUT2D eigenvalue weighted by molar-refractivity contribution is 6.41. The van der Waals surface area contributed by atoms with E-state index in [9.17, 15) is 4.79 Å². The lowest BCUT2D eigenvalue weighted by atomic mass is 10.5. The van der Waals surface area contributed by atoms with E-state index in [0.717, 1.165) is 0 Å². The summed E-state index contributed by atoms with van der Waals surface area (Å²) in [5.41, 5.74) is -0.388. The summed E-state index contributed by atoms with van der Waals surface area (Å²) in [5.74, 6) is 0. The maximum Gasteiger partial charge on any atom is 0.287 e. The largest absolute Gasteiger partial charge is 0.287 e. The molecule has 0 fully saturated rings. The van der Waals surface area contributed by atoms with E-state index in [1.54, 1.807) is 10.9 Å². The smallest absolute Gasteiger partial charge is 0.271 e. The lowest BCUT2D eigenvalue weighted by Crippen LogP contribution is -2.25.